The number of para-hydroxylation sites is 1. The van der Waals surface area contributed by atoms with Crippen LogP contribution in [0.3, 0.4) is 0 Å². The summed E-state index contributed by atoms with van der Waals surface area (Å²) in [5.41, 5.74) is 8.77. The minimum atomic E-state index is 0.451. The van der Waals surface area contributed by atoms with Crippen molar-refractivity contribution in [3.05, 3.63) is 30.1 Å². The minimum Gasteiger partial charge on any atom is -0.382 e. The van der Waals surface area contributed by atoms with Crippen LogP contribution in [-0.2, 0) is 22.6 Å². The molecule has 0 saturated carbocycles. The van der Waals surface area contributed by atoms with E-state index in [0.717, 1.165) is 40.8 Å². The number of fused-ring (bicyclic) bond motifs is 3. The topological polar surface area (TPSA) is 75.2 Å². The first-order valence-corrected chi connectivity index (χ1v) is 8.45. The first-order valence-electron chi connectivity index (χ1n) is 8.45. The second-order valence-corrected chi connectivity index (χ2v) is 5.64. The van der Waals surface area contributed by atoms with Crippen molar-refractivity contribution in [1.29, 1.82) is 0 Å². The zero-order chi connectivity index (χ0) is 16.9. The van der Waals surface area contributed by atoms with Crippen molar-refractivity contribution in [3.8, 4) is 0 Å². The number of nitrogens with zero attached hydrogens (tertiary/aromatic N) is 3. The van der Waals surface area contributed by atoms with E-state index in [2.05, 4.69) is 22.5 Å². The minimum absolute atomic E-state index is 0.451. The predicted molar refractivity (Wildman–Crippen MR) is 95.9 cm³/mol. The summed E-state index contributed by atoms with van der Waals surface area (Å²) < 4.78 is 13.4. The zero-order valence-corrected chi connectivity index (χ0v) is 14.3. The largest absolute Gasteiger partial charge is 0.382 e. The molecule has 128 valence electrons. The van der Waals surface area contributed by atoms with Crippen LogP contribution in [0.5, 0.6) is 0 Å². The van der Waals surface area contributed by atoms with Gasteiger partial charge in [-0.3, -0.25) is 0 Å². The van der Waals surface area contributed by atoms with Crippen LogP contribution in [0.25, 0.3) is 21.9 Å². The highest BCUT2D eigenvalue weighted by molar-refractivity contribution is 6.06. The molecule has 2 heterocycles. The Bertz CT molecular complexity index is 829. The molecule has 0 aliphatic carbocycles. The fourth-order valence-corrected chi connectivity index (χ4v) is 2.85. The summed E-state index contributed by atoms with van der Waals surface area (Å²) >= 11 is 0. The summed E-state index contributed by atoms with van der Waals surface area (Å²) in [5.74, 6) is 1.31. The molecule has 24 heavy (non-hydrogen) atoms. The van der Waals surface area contributed by atoms with E-state index in [9.17, 15) is 0 Å². The van der Waals surface area contributed by atoms with Crippen LogP contribution < -0.4 is 5.73 Å². The molecular formula is C18H24N4O2. The summed E-state index contributed by atoms with van der Waals surface area (Å²) in [6.45, 7) is 7.28. The van der Waals surface area contributed by atoms with E-state index >= 15 is 0 Å². The predicted octanol–water partition coefficient (Wildman–Crippen LogP) is 3.13. The number of aromatic nitrogens is 3. The van der Waals surface area contributed by atoms with Gasteiger partial charge < -0.3 is 19.8 Å². The van der Waals surface area contributed by atoms with Gasteiger partial charge in [-0.2, -0.15) is 0 Å². The highest BCUT2D eigenvalue weighted by Crippen LogP contribution is 2.28. The van der Waals surface area contributed by atoms with E-state index in [1.54, 1.807) is 0 Å². The van der Waals surface area contributed by atoms with Crippen molar-refractivity contribution < 1.29 is 9.47 Å². The van der Waals surface area contributed by atoms with Gasteiger partial charge in [-0.05, 0) is 19.4 Å². The van der Waals surface area contributed by atoms with Gasteiger partial charge in [0.05, 0.1) is 17.6 Å². The van der Waals surface area contributed by atoms with Crippen LogP contribution in [0.4, 0.5) is 5.82 Å². The Hall–Kier alpha value is -2.18. The smallest absolute Gasteiger partial charge is 0.152 e. The van der Waals surface area contributed by atoms with Crippen LogP contribution >= 0.6 is 0 Å². The summed E-state index contributed by atoms with van der Waals surface area (Å²) in [6, 6.07) is 8.00. The van der Waals surface area contributed by atoms with Crippen LogP contribution in [0.1, 0.15) is 26.1 Å². The van der Waals surface area contributed by atoms with Crippen molar-refractivity contribution >= 4 is 27.8 Å². The lowest BCUT2D eigenvalue weighted by Crippen LogP contribution is -2.11. The third-order valence-corrected chi connectivity index (χ3v) is 3.93. The average molecular weight is 328 g/mol. The molecule has 1 aromatic carbocycles. The van der Waals surface area contributed by atoms with Gasteiger partial charge in [-0.15, -0.1) is 0 Å². The quantitative estimate of drug-likeness (QED) is 0.643. The number of pyridine rings is 1. The van der Waals surface area contributed by atoms with E-state index in [0.29, 0.717) is 32.2 Å². The van der Waals surface area contributed by atoms with Gasteiger partial charge in [0.1, 0.15) is 17.9 Å². The second-order valence-electron chi connectivity index (χ2n) is 5.64. The van der Waals surface area contributed by atoms with Crippen molar-refractivity contribution in [3.63, 3.8) is 0 Å². The number of nitrogens with two attached hydrogens (primary N) is 1. The molecule has 0 unspecified atom stereocenters. The molecule has 0 radical (unpaired) electrons. The number of ether oxygens (including phenoxy) is 2. The van der Waals surface area contributed by atoms with E-state index in [1.807, 2.05) is 25.1 Å². The Kier molecular flexibility index (Phi) is 5.27. The highest BCUT2D eigenvalue weighted by atomic mass is 16.5. The SMILES string of the molecule is CCCOCCn1c(COCC)nc2c(N)nc3ccccc3c21. The van der Waals surface area contributed by atoms with Gasteiger partial charge >= 0.3 is 0 Å². The van der Waals surface area contributed by atoms with Crippen molar-refractivity contribution in [2.45, 2.75) is 33.4 Å². The number of anilines is 1. The fraction of sp³-hybridized carbons (Fsp3) is 0.444. The maximum Gasteiger partial charge on any atom is 0.152 e. The number of imidazole rings is 1. The Morgan fingerprint density at radius 3 is 2.71 bits per heavy atom. The van der Waals surface area contributed by atoms with Gasteiger partial charge in [0.15, 0.2) is 5.82 Å². The number of hydrogen-bond donors (Lipinski definition) is 1. The molecule has 0 fully saturated rings. The molecular weight excluding hydrogens is 304 g/mol. The summed E-state index contributed by atoms with van der Waals surface area (Å²) in [7, 11) is 0. The molecule has 2 N–H and O–H groups in total. The first kappa shape index (κ1) is 16.7. The molecule has 0 aliphatic rings. The molecule has 0 atom stereocenters. The summed E-state index contributed by atoms with van der Waals surface area (Å²) in [5, 5.41) is 1.05. The maximum atomic E-state index is 6.15. The van der Waals surface area contributed by atoms with Gasteiger partial charge in [0.2, 0.25) is 0 Å². The van der Waals surface area contributed by atoms with Gasteiger partial charge in [0, 0.05) is 25.1 Å². The van der Waals surface area contributed by atoms with Crippen LogP contribution in [0.15, 0.2) is 24.3 Å². The monoisotopic (exact) mass is 328 g/mol. The molecule has 0 bridgehead atoms. The molecule has 0 spiro atoms. The Morgan fingerprint density at radius 2 is 1.92 bits per heavy atom. The third kappa shape index (κ3) is 3.20. The molecule has 0 amide bonds. The highest BCUT2D eigenvalue weighted by Gasteiger charge is 2.17. The molecule has 3 rings (SSSR count). The van der Waals surface area contributed by atoms with Crippen molar-refractivity contribution in [1.82, 2.24) is 14.5 Å². The van der Waals surface area contributed by atoms with E-state index in [4.69, 9.17) is 20.2 Å². The number of nitrogen functional groups attached to an aromatic ring is 1. The van der Waals surface area contributed by atoms with E-state index in [1.165, 1.54) is 0 Å². The molecule has 6 heteroatoms. The normalized spacial score (nSPS) is 11.6. The molecule has 0 aliphatic heterocycles. The van der Waals surface area contributed by atoms with E-state index < -0.39 is 0 Å². The third-order valence-electron chi connectivity index (χ3n) is 3.93. The first-order chi connectivity index (χ1) is 11.8. The lowest BCUT2D eigenvalue weighted by Gasteiger charge is -2.11. The van der Waals surface area contributed by atoms with Crippen LogP contribution in [0.2, 0.25) is 0 Å². The van der Waals surface area contributed by atoms with Gasteiger partial charge in [-0.25, -0.2) is 9.97 Å². The number of rotatable bonds is 8. The molecule has 3 aromatic rings. The number of benzene rings is 1. The zero-order valence-electron chi connectivity index (χ0n) is 14.3. The lowest BCUT2D eigenvalue weighted by atomic mass is 10.2. The Balaban J connectivity index is 2.11. The van der Waals surface area contributed by atoms with Crippen LogP contribution in [0, 0.1) is 0 Å². The van der Waals surface area contributed by atoms with Crippen molar-refractivity contribution in [2.75, 3.05) is 25.6 Å². The average Bonchev–Trinajstić information content (AvgIpc) is 2.96. The standard InChI is InChI=1S/C18H24N4O2/c1-3-10-24-11-9-22-15(12-23-4-2)21-16-17(22)13-7-5-6-8-14(13)20-18(16)19/h5-8H,3-4,9-12H2,1-2H3,(H2,19,20). The Labute approximate surface area is 141 Å². The summed E-state index contributed by atoms with van der Waals surface area (Å²) in [4.78, 5) is 9.17. The molecule has 6 nitrogen and oxygen atoms in total. The Morgan fingerprint density at radius 1 is 1.08 bits per heavy atom. The lowest BCUT2D eigenvalue weighted by molar-refractivity contribution is 0.114. The van der Waals surface area contributed by atoms with Crippen molar-refractivity contribution in [2.24, 2.45) is 0 Å². The van der Waals surface area contributed by atoms with E-state index in [-0.39, 0.29) is 0 Å². The molecule has 0 saturated heterocycles. The van der Waals surface area contributed by atoms with Gasteiger partial charge in [-0.1, -0.05) is 25.1 Å². The molecule has 2 aromatic heterocycles. The van der Waals surface area contributed by atoms with Gasteiger partial charge in [0.25, 0.3) is 0 Å². The fourth-order valence-electron chi connectivity index (χ4n) is 2.85. The summed E-state index contributed by atoms with van der Waals surface area (Å²) in [6.07, 6.45) is 1.01. The maximum absolute atomic E-state index is 6.15. The van der Waals surface area contributed by atoms with Crippen LogP contribution in [-0.4, -0.2) is 34.4 Å². The number of hydrogen-bond acceptors (Lipinski definition) is 5. The second kappa shape index (κ2) is 7.59.